The van der Waals surface area contributed by atoms with Gasteiger partial charge in [-0.2, -0.15) is 0 Å². The van der Waals surface area contributed by atoms with Gasteiger partial charge in [0.1, 0.15) is 0 Å². The number of nitrogens with one attached hydrogen (secondary N) is 1. The number of benzene rings is 1. The van der Waals surface area contributed by atoms with E-state index in [-0.39, 0.29) is 12.4 Å². The molecule has 1 N–H and O–H groups in total. The van der Waals surface area contributed by atoms with Crippen LogP contribution in [0.2, 0.25) is 0 Å². The Hall–Kier alpha value is -1.10. The molecular weight excluding hydrogens is 334 g/mol. The molecule has 1 amide bonds. The zero-order valence-corrected chi connectivity index (χ0v) is 16.4. The first-order valence-corrected chi connectivity index (χ1v) is 9.40. The van der Waals surface area contributed by atoms with Gasteiger partial charge in [0.25, 0.3) is 0 Å². The van der Waals surface area contributed by atoms with Gasteiger partial charge in [0, 0.05) is 45.2 Å². The highest BCUT2D eigenvalue weighted by molar-refractivity contribution is 5.85. The number of piperazine rings is 1. The minimum atomic E-state index is 0. The fourth-order valence-electron chi connectivity index (χ4n) is 4.18. The van der Waals surface area contributed by atoms with Gasteiger partial charge < -0.3 is 15.1 Å². The standard InChI is InChI=1S/C20H31N3O.ClH/c1-16-6-8-17(9-7-16)18-4-3-5-19(18)22(2)13-10-20(24)23-14-11-21-12-15-23;/h6-9,18-19,21H,3-5,10-15H2,1-2H3;1H. The topological polar surface area (TPSA) is 35.6 Å². The van der Waals surface area contributed by atoms with E-state index in [1.807, 2.05) is 4.90 Å². The van der Waals surface area contributed by atoms with E-state index in [9.17, 15) is 4.79 Å². The SMILES string of the molecule is Cc1ccc(C2CCCC2N(C)CCC(=O)N2CCNCC2)cc1.Cl. The van der Waals surface area contributed by atoms with Crippen LogP contribution in [0.3, 0.4) is 0 Å². The Bertz CT molecular complexity index is 542. The van der Waals surface area contributed by atoms with Crippen molar-refractivity contribution in [2.24, 2.45) is 0 Å². The number of nitrogens with zero attached hydrogens (tertiary/aromatic N) is 2. The molecule has 2 fully saturated rings. The summed E-state index contributed by atoms with van der Waals surface area (Å²) in [7, 11) is 2.20. The lowest BCUT2D eigenvalue weighted by molar-refractivity contribution is -0.132. The molecule has 1 heterocycles. The summed E-state index contributed by atoms with van der Waals surface area (Å²) in [6.07, 6.45) is 4.45. The summed E-state index contributed by atoms with van der Waals surface area (Å²) in [5, 5.41) is 3.30. The summed E-state index contributed by atoms with van der Waals surface area (Å²) in [6.45, 7) is 6.59. The molecule has 4 nitrogen and oxygen atoms in total. The number of halogens is 1. The summed E-state index contributed by atoms with van der Waals surface area (Å²) in [6, 6.07) is 9.59. The third-order valence-corrected chi connectivity index (χ3v) is 5.70. The first-order chi connectivity index (χ1) is 11.6. The Balaban J connectivity index is 0.00000225. The number of amides is 1. The molecule has 0 bridgehead atoms. The molecule has 2 aliphatic rings. The molecule has 5 heteroatoms. The van der Waals surface area contributed by atoms with E-state index in [1.54, 1.807) is 0 Å². The summed E-state index contributed by atoms with van der Waals surface area (Å²) in [4.78, 5) is 16.8. The molecule has 2 unspecified atom stereocenters. The van der Waals surface area contributed by atoms with Crippen LogP contribution in [0.15, 0.2) is 24.3 Å². The molecule has 1 aliphatic carbocycles. The second-order valence-corrected chi connectivity index (χ2v) is 7.38. The Kier molecular flexibility index (Phi) is 7.73. The fraction of sp³-hybridized carbons (Fsp3) is 0.650. The van der Waals surface area contributed by atoms with Crippen LogP contribution >= 0.6 is 12.4 Å². The van der Waals surface area contributed by atoms with E-state index in [4.69, 9.17) is 0 Å². The van der Waals surface area contributed by atoms with Crippen LogP contribution in [0.4, 0.5) is 0 Å². The third-order valence-electron chi connectivity index (χ3n) is 5.70. The lowest BCUT2D eigenvalue weighted by Crippen LogP contribution is -2.47. The summed E-state index contributed by atoms with van der Waals surface area (Å²) in [5.74, 6) is 0.929. The smallest absolute Gasteiger partial charge is 0.223 e. The van der Waals surface area contributed by atoms with Crippen molar-refractivity contribution >= 4 is 18.3 Å². The highest BCUT2D eigenvalue weighted by Gasteiger charge is 2.31. The van der Waals surface area contributed by atoms with Crippen molar-refractivity contribution in [3.05, 3.63) is 35.4 Å². The quantitative estimate of drug-likeness (QED) is 0.871. The lowest BCUT2D eigenvalue weighted by atomic mass is 9.92. The number of hydrogen-bond acceptors (Lipinski definition) is 3. The average Bonchev–Trinajstić information content (AvgIpc) is 3.10. The second-order valence-electron chi connectivity index (χ2n) is 7.38. The zero-order chi connectivity index (χ0) is 16.9. The lowest BCUT2D eigenvalue weighted by Gasteiger charge is -2.32. The maximum Gasteiger partial charge on any atom is 0.223 e. The maximum atomic E-state index is 12.4. The van der Waals surface area contributed by atoms with Crippen LogP contribution < -0.4 is 5.32 Å². The molecule has 0 radical (unpaired) electrons. The molecular formula is C20H32ClN3O. The van der Waals surface area contributed by atoms with Crippen LogP contribution in [-0.2, 0) is 4.79 Å². The molecule has 2 atom stereocenters. The molecule has 140 valence electrons. The van der Waals surface area contributed by atoms with Gasteiger partial charge in [-0.25, -0.2) is 0 Å². The number of likely N-dealkylation sites (N-methyl/N-ethyl adjacent to an activating group) is 1. The maximum absolute atomic E-state index is 12.4. The summed E-state index contributed by atoms with van der Waals surface area (Å²) >= 11 is 0. The van der Waals surface area contributed by atoms with E-state index < -0.39 is 0 Å². The Morgan fingerprint density at radius 1 is 1.20 bits per heavy atom. The molecule has 1 saturated carbocycles. The highest BCUT2D eigenvalue weighted by Crippen LogP contribution is 2.37. The predicted octanol–water partition coefficient (Wildman–Crippen LogP) is 2.81. The molecule has 1 aromatic carbocycles. The molecule has 1 aliphatic heterocycles. The number of hydrogen-bond donors (Lipinski definition) is 1. The van der Waals surface area contributed by atoms with Crippen molar-refractivity contribution in [3.8, 4) is 0 Å². The third kappa shape index (κ3) is 5.19. The van der Waals surface area contributed by atoms with E-state index in [0.29, 0.717) is 24.3 Å². The second kappa shape index (κ2) is 9.56. The van der Waals surface area contributed by atoms with Crippen molar-refractivity contribution < 1.29 is 4.79 Å². The van der Waals surface area contributed by atoms with Gasteiger partial charge in [-0.3, -0.25) is 4.79 Å². The monoisotopic (exact) mass is 365 g/mol. The number of carbonyl (C=O) groups excluding carboxylic acids is 1. The number of carbonyl (C=O) groups is 1. The van der Waals surface area contributed by atoms with Gasteiger partial charge in [0.15, 0.2) is 0 Å². The first-order valence-electron chi connectivity index (χ1n) is 9.40. The van der Waals surface area contributed by atoms with Crippen molar-refractivity contribution in [2.45, 2.75) is 44.6 Å². The van der Waals surface area contributed by atoms with E-state index in [1.165, 1.54) is 30.4 Å². The van der Waals surface area contributed by atoms with Gasteiger partial charge >= 0.3 is 0 Å². The van der Waals surface area contributed by atoms with Crippen LogP contribution in [0.5, 0.6) is 0 Å². The normalized spacial score (nSPS) is 23.6. The average molecular weight is 366 g/mol. The van der Waals surface area contributed by atoms with E-state index in [0.717, 1.165) is 32.7 Å². The summed E-state index contributed by atoms with van der Waals surface area (Å²) in [5.41, 5.74) is 2.78. The van der Waals surface area contributed by atoms with Crippen LogP contribution in [-0.4, -0.2) is 61.5 Å². The summed E-state index contributed by atoms with van der Waals surface area (Å²) < 4.78 is 0. The zero-order valence-electron chi connectivity index (χ0n) is 15.5. The van der Waals surface area contributed by atoms with Crippen molar-refractivity contribution in [2.75, 3.05) is 39.8 Å². The van der Waals surface area contributed by atoms with E-state index >= 15 is 0 Å². The predicted molar refractivity (Wildman–Crippen MR) is 106 cm³/mol. The molecule has 1 aromatic rings. The largest absolute Gasteiger partial charge is 0.340 e. The minimum Gasteiger partial charge on any atom is -0.340 e. The fourth-order valence-corrected chi connectivity index (χ4v) is 4.18. The molecule has 0 aromatic heterocycles. The first kappa shape index (κ1) is 20.2. The van der Waals surface area contributed by atoms with Crippen LogP contribution in [0, 0.1) is 6.92 Å². The van der Waals surface area contributed by atoms with Gasteiger partial charge in [-0.1, -0.05) is 36.2 Å². The van der Waals surface area contributed by atoms with Crippen molar-refractivity contribution in [1.29, 1.82) is 0 Å². The molecule has 0 spiro atoms. The van der Waals surface area contributed by atoms with Gasteiger partial charge in [0.2, 0.25) is 5.91 Å². The van der Waals surface area contributed by atoms with Gasteiger partial charge in [0.05, 0.1) is 0 Å². The Morgan fingerprint density at radius 3 is 2.56 bits per heavy atom. The molecule has 3 rings (SSSR count). The minimum absolute atomic E-state index is 0. The Labute approximate surface area is 158 Å². The number of rotatable bonds is 5. The van der Waals surface area contributed by atoms with Crippen LogP contribution in [0.1, 0.15) is 42.7 Å². The van der Waals surface area contributed by atoms with Crippen molar-refractivity contribution in [1.82, 2.24) is 15.1 Å². The van der Waals surface area contributed by atoms with Crippen molar-refractivity contribution in [3.63, 3.8) is 0 Å². The molecule has 1 saturated heterocycles. The highest BCUT2D eigenvalue weighted by atomic mass is 35.5. The Morgan fingerprint density at radius 2 is 1.88 bits per heavy atom. The van der Waals surface area contributed by atoms with Gasteiger partial charge in [-0.05, 0) is 38.3 Å². The molecule has 25 heavy (non-hydrogen) atoms. The van der Waals surface area contributed by atoms with Gasteiger partial charge in [-0.15, -0.1) is 12.4 Å². The van der Waals surface area contributed by atoms with Crippen LogP contribution in [0.25, 0.3) is 0 Å². The van der Waals surface area contributed by atoms with E-state index in [2.05, 4.69) is 48.5 Å². The number of aryl methyl sites for hydroxylation is 1.